The Bertz CT molecular complexity index is 744. The van der Waals surface area contributed by atoms with Gasteiger partial charge in [0.15, 0.2) is 0 Å². The molecule has 0 aromatic heterocycles. The number of fused-ring (bicyclic) bond motifs is 1. The summed E-state index contributed by atoms with van der Waals surface area (Å²) < 4.78 is 5.13. The highest BCUT2D eigenvalue weighted by atomic mass is 16.5. The minimum absolute atomic E-state index is 0.191. The van der Waals surface area contributed by atoms with Crippen LogP contribution in [-0.2, 0) is 20.7 Å². The first-order valence-electron chi connectivity index (χ1n) is 8.25. The van der Waals surface area contributed by atoms with Crippen LogP contribution in [0, 0.1) is 0 Å². The number of unbranched alkanes of at least 4 members (excludes halogenated alkanes) is 1. The fourth-order valence-corrected chi connectivity index (χ4v) is 2.44. The van der Waals surface area contributed by atoms with Gasteiger partial charge in [-0.15, -0.1) is 0 Å². The highest BCUT2D eigenvalue weighted by molar-refractivity contribution is 5.96. The van der Waals surface area contributed by atoms with Crippen molar-refractivity contribution in [2.45, 2.75) is 33.1 Å². The van der Waals surface area contributed by atoms with E-state index in [0.717, 1.165) is 29.2 Å². The van der Waals surface area contributed by atoms with E-state index in [4.69, 9.17) is 4.74 Å². The maximum absolute atomic E-state index is 12.3. The molecule has 0 aliphatic carbocycles. The summed E-state index contributed by atoms with van der Waals surface area (Å²) in [7, 11) is 0. The van der Waals surface area contributed by atoms with Crippen LogP contribution in [0.2, 0.25) is 0 Å². The summed E-state index contributed by atoms with van der Waals surface area (Å²) in [6.07, 6.45) is 3.54. The third-order valence-corrected chi connectivity index (χ3v) is 3.74. The Hall–Kier alpha value is -2.62. The summed E-state index contributed by atoms with van der Waals surface area (Å²) in [5.41, 5.74) is 1.12. The molecule has 4 heteroatoms. The van der Waals surface area contributed by atoms with Crippen molar-refractivity contribution in [2.24, 2.45) is 0 Å². The highest BCUT2D eigenvalue weighted by Crippen LogP contribution is 2.18. The molecule has 0 fully saturated rings. The largest absolute Gasteiger partial charge is 0.461 e. The third-order valence-electron chi connectivity index (χ3n) is 3.74. The zero-order chi connectivity index (χ0) is 17.4. The lowest BCUT2D eigenvalue weighted by Gasteiger charge is -2.10. The first-order valence-corrected chi connectivity index (χ1v) is 8.25. The second-order valence-electron chi connectivity index (χ2n) is 5.56. The summed E-state index contributed by atoms with van der Waals surface area (Å²) >= 11 is 0. The molecule has 1 N–H and O–H groups in total. The van der Waals surface area contributed by atoms with Crippen molar-refractivity contribution in [1.29, 1.82) is 0 Å². The van der Waals surface area contributed by atoms with Crippen LogP contribution in [-0.4, -0.2) is 18.5 Å². The molecule has 2 aromatic rings. The smallest absolute Gasteiger partial charge is 0.354 e. The summed E-state index contributed by atoms with van der Waals surface area (Å²) in [5.74, 6) is -0.718. The maximum atomic E-state index is 12.3. The van der Waals surface area contributed by atoms with Gasteiger partial charge in [-0.1, -0.05) is 61.9 Å². The highest BCUT2D eigenvalue weighted by Gasteiger charge is 2.14. The molecule has 0 saturated carbocycles. The van der Waals surface area contributed by atoms with Crippen LogP contribution in [0.4, 0.5) is 0 Å². The van der Waals surface area contributed by atoms with E-state index < -0.39 is 5.97 Å². The number of carbonyl (C=O) groups excluding carboxylic acids is 2. The number of carbonyl (C=O) groups is 2. The molecule has 0 spiro atoms. The van der Waals surface area contributed by atoms with E-state index in [0.29, 0.717) is 6.61 Å². The number of hydrogen-bond acceptors (Lipinski definition) is 3. The molecule has 0 saturated heterocycles. The Balaban J connectivity index is 2.02. The van der Waals surface area contributed by atoms with Crippen LogP contribution in [0.25, 0.3) is 10.8 Å². The predicted molar refractivity (Wildman–Crippen MR) is 95.4 cm³/mol. The predicted octanol–water partition coefficient (Wildman–Crippen LogP) is 3.75. The zero-order valence-corrected chi connectivity index (χ0v) is 14.2. The number of allylic oxidation sites excluding steroid dienone is 1. The number of amides is 1. The number of benzene rings is 2. The summed E-state index contributed by atoms with van der Waals surface area (Å²) in [6, 6.07) is 13.8. The summed E-state index contributed by atoms with van der Waals surface area (Å²) in [6.45, 7) is 4.09. The first kappa shape index (κ1) is 17.7. The Labute approximate surface area is 142 Å². The molecule has 0 heterocycles. The van der Waals surface area contributed by atoms with Crippen LogP contribution in [0.3, 0.4) is 0 Å². The Morgan fingerprint density at radius 2 is 1.88 bits per heavy atom. The molecule has 0 bridgehead atoms. The van der Waals surface area contributed by atoms with Crippen molar-refractivity contribution >= 4 is 22.6 Å². The molecular weight excluding hydrogens is 302 g/mol. The van der Waals surface area contributed by atoms with Gasteiger partial charge in [0, 0.05) is 0 Å². The quantitative estimate of drug-likeness (QED) is 0.479. The molecule has 2 aromatic carbocycles. The minimum Gasteiger partial charge on any atom is -0.461 e. The van der Waals surface area contributed by atoms with E-state index in [2.05, 4.69) is 5.32 Å². The van der Waals surface area contributed by atoms with Crippen LogP contribution in [0.5, 0.6) is 0 Å². The van der Waals surface area contributed by atoms with Gasteiger partial charge in [0.1, 0.15) is 5.70 Å². The SMILES string of the molecule is C/C=C(\NC(=O)Cc1cccc2ccccc12)C(=O)OCCCC. The Morgan fingerprint density at radius 1 is 1.12 bits per heavy atom. The molecule has 1 amide bonds. The monoisotopic (exact) mass is 325 g/mol. The number of nitrogens with one attached hydrogen (secondary N) is 1. The van der Waals surface area contributed by atoms with Crippen molar-refractivity contribution in [3.05, 3.63) is 59.8 Å². The molecule has 0 aliphatic heterocycles. The van der Waals surface area contributed by atoms with E-state index in [1.807, 2.05) is 49.4 Å². The summed E-state index contributed by atoms with van der Waals surface area (Å²) in [4.78, 5) is 24.2. The van der Waals surface area contributed by atoms with E-state index in [9.17, 15) is 9.59 Å². The van der Waals surface area contributed by atoms with Gasteiger partial charge in [0.2, 0.25) is 5.91 Å². The van der Waals surface area contributed by atoms with E-state index in [1.165, 1.54) is 0 Å². The summed E-state index contributed by atoms with van der Waals surface area (Å²) in [5, 5.41) is 4.79. The van der Waals surface area contributed by atoms with Crippen molar-refractivity contribution in [3.8, 4) is 0 Å². The van der Waals surface area contributed by atoms with Gasteiger partial charge in [0.05, 0.1) is 13.0 Å². The van der Waals surface area contributed by atoms with E-state index in [-0.39, 0.29) is 18.0 Å². The van der Waals surface area contributed by atoms with Crippen LogP contribution in [0.1, 0.15) is 32.3 Å². The number of hydrogen-bond donors (Lipinski definition) is 1. The molecule has 24 heavy (non-hydrogen) atoms. The van der Waals surface area contributed by atoms with Gasteiger partial charge >= 0.3 is 5.97 Å². The minimum atomic E-state index is -0.489. The molecule has 0 unspecified atom stereocenters. The van der Waals surface area contributed by atoms with Gasteiger partial charge in [-0.3, -0.25) is 4.79 Å². The molecule has 2 rings (SSSR count). The lowest BCUT2D eigenvalue weighted by Crippen LogP contribution is -2.29. The van der Waals surface area contributed by atoms with Gasteiger partial charge in [-0.2, -0.15) is 0 Å². The normalized spacial score (nSPS) is 11.3. The molecule has 4 nitrogen and oxygen atoms in total. The van der Waals surface area contributed by atoms with Crippen molar-refractivity contribution < 1.29 is 14.3 Å². The molecule has 0 atom stereocenters. The van der Waals surface area contributed by atoms with Crippen molar-refractivity contribution in [2.75, 3.05) is 6.61 Å². The second-order valence-corrected chi connectivity index (χ2v) is 5.56. The van der Waals surface area contributed by atoms with Gasteiger partial charge in [-0.05, 0) is 29.7 Å². The van der Waals surface area contributed by atoms with Crippen LogP contribution < -0.4 is 5.32 Å². The van der Waals surface area contributed by atoms with Gasteiger partial charge in [-0.25, -0.2) is 4.79 Å². The number of rotatable bonds is 7. The van der Waals surface area contributed by atoms with Crippen molar-refractivity contribution in [1.82, 2.24) is 5.32 Å². The van der Waals surface area contributed by atoms with Crippen LogP contribution >= 0.6 is 0 Å². The fraction of sp³-hybridized carbons (Fsp3) is 0.300. The fourth-order valence-electron chi connectivity index (χ4n) is 2.44. The number of ether oxygens (including phenoxy) is 1. The number of esters is 1. The average molecular weight is 325 g/mol. The van der Waals surface area contributed by atoms with E-state index >= 15 is 0 Å². The van der Waals surface area contributed by atoms with Gasteiger partial charge in [0.25, 0.3) is 0 Å². The third kappa shape index (κ3) is 4.69. The Kier molecular flexibility index (Phi) is 6.55. The Morgan fingerprint density at radius 3 is 2.62 bits per heavy atom. The molecular formula is C20H23NO3. The molecule has 0 aliphatic rings. The second kappa shape index (κ2) is 8.87. The van der Waals surface area contributed by atoms with Crippen LogP contribution in [0.15, 0.2) is 54.2 Å². The zero-order valence-electron chi connectivity index (χ0n) is 14.2. The topological polar surface area (TPSA) is 55.4 Å². The molecule has 126 valence electrons. The van der Waals surface area contributed by atoms with E-state index in [1.54, 1.807) is 13.0 Å². The molecule has 0 radical (unpaired) electrons. The average Bonchev–Trinajstić information content (AvgIpc) is 2.60. The maximum Gasteiger partial charge on any atom is 0.354 e. The van der Waals surface area contributed by atoms with Gasteiger partial charge < -0.3 is 10.1 Å². The lowest BCUT2D eigenvalue weighted by atomic mass is 10.0. The van der Waals surface area contributed by atoms with Crippen molar-refractivity contribution in [3.63, 3.8) is 0 Å². The first-order chi connectivity index (χ1) is 11.7. The standard InChI is InChI=1S/C20H23NO3/c1-3-5-13-24-20(23)18(4-2)21-19(22)14-16-11-8-10-15-9-6-7-12-17(15)16/h4,6-12H,3,5,13-14H2,1-2H3,(H,21,22)/b18-4-. The lowest BCUT2D eigenvalue weighted by molar-refractivity contribution is -0.140.